The third-order valence-corrected chi connectivity index (χ3v) is 5.18. The highest BCUT2D eigenvalue weighted by molar-refractivity contribution is 7.80. The first kappa shape index (κ1) is 28.4. The number of carboxylic acids is 1. The molecule has 0 radical (unpaired) electrons. The van der Waals surface area contributed by atoms with Crippen LogP contribution in [0.4, 0.5) is 0 Å². The predicted octanol–water partition coefficient (Wildman–Crippen LogP) is -2.74. The molecule has 5 unspecified atom stereocenters. The van der Waals surface area contributed by atoms with Crippen LogP contribution < -0.4 is 27.4 Å². The van der Waals surface area contributed by atoms with E-state index in [0.717, 1.165) is 0 Å². The Balaban J connectivity index is 2.93. The average Bonchev–Trinajstić information content (AvgIpc) is 3.28. The maximum Gasteiger partial charge on any atom is 0.326 e. The molecule has 0 aliphatic heterocycles. The molecule has 0 aliphatic carbocycles. The average molecular weight is 488 g/mol. The van der Waals surface area contributed by atoms with Crippen molar-refractivity contribution in [1.29, 1.82) is 0 Å². The number of aromatic nitrogens is 2. The van der Waals surface area contributed by atoms with E-state index in [1.54, 1.807) is 0 Å². The first-order valence-electron chi connectivity index (χ1n) is 10.5. The normalized spacial score (nSPS) is 15.5. The molecule has 14 heteroatoms. The molecule has 1 heterocycles. The number of carbonyl (C=O) groups is 4. The molecule has 0 aromatic carbocycles. The van der Waals surface area contributed by atoms with Crippen LogP contribution >= 0.6 is 12.6 Å². The highest BCUT2D eigenvalue weighted by Gasteiger charge is 2.30. The van der Waals surface area contributed by atoms with Gasteiger partial charge < -0.3 is 42.6 Å². The lowest BCUT2D eigenvalue weighted by Gasteiger charge is -2.24. The van der Waals surface area contributed by atoms with Crippen molar-refractivity contribution in [3.05, 3.63) is 18.2 Å². The molecule has 0 bridgehead atoms. The molecule has 1 aromatic rings. The number of amides is 3. The Morgan fingerprint density at radius 3 is 2.21 bits per heavy atom. The number of aliphatic hydroxyl groups is 1. The summed E-state index contributed by atoms with van der Waals surface area (Å²) >= 11 is 4.06. The third kappa shape index (κ3) is 9.77. The molecule has 0 fully saturated rings. The number of nitrogens with zero attached hydrogens (tertiary/aromatic N) is 1. The zero-order chi connectivity index (χ0) is 25.0. The Morgan fingerprint density at radius 2 is 1.70 bits per heavy atom. The van der Waals surface area contributed by atoms with Crippen LogP contribution in [0.15, 0.2) is 12.5 Å². The van der Waals surface area contributed by atoms with E-state index in [4.69, 9.17) is 11.5 Å². The fourth-order valence-corrected chi connectivity index (χ4v) is 3.06. The summed E-state index contributed by atoms with van der Waals surface area (Å²) in [5, 5.41) is 26.2. The summed E-state index contributed by atoms with van der Waals surface area (Å²) in [6.07, 6.45) is 2.99. The second-order valence-electron chi connectivity index (χ2n) is 7.54. The highest BCUT2D eigenvalue weighted by atomic mass is 32.1. The molecule has 13 nitrogen and oxygen atoms in total. The number of carbonyl (C=O) groups excluding carboxylic acids is 3. The van der Waals surface area contributed by atoms with Crippen LogP contribution in [0.1, 0.15) is 31.9 Å². The minimum Gasteiger partial charge on any atom is -0.480 e. The van der Waals surface area contributed by atoms with Crippen LogP contribution in [0.2, 0.25) is 0 Å². The van der Waals surface area contributed by atoms with Crippen molar-refractivity contribution in [1.82, 2.24) is 25.9 Å². The SMILES string of the molecule is CC(O)C(N)C(=O)NC(CS)C(=O)NC(Cc1cnc[nH]1)C(=O)NC(CCCCN)C(=O)O. The first-order valence-corrected chi connectivity index (χ1v) is 11.1. The molecule has 1 rings (SSSR count). The van der Waals surface area contributed by atoms with E-state index in [1.165, 1.54) is 19.4 Å². The lowest BCUT2D eigenvalue weighted by Crippen LogP contribution is -2.59. The minimum atomic E-state index is -1.26. The van der Waals surface area contributed by atoms with E-state index in [1.807, 2.05) is 0 Å². The predicted molar refractivity (Wildman–Crippen MR) is 122 cm³/mol. The van der Waals surface area contributed by atoms with Crippen molar-refractivity contribution in [2.45, 2.75) is 62.9 Å². The van der Waals surface area contributed by atoms with Gasteiger partial charge in [0.15, 0.2) is 0 Å². The number of hydrogen-bond acceptors (Lipinski definition) is 9. The van der Waals surface area contributed by atoms with Crippen LogP contribution in [0.3, 0.4) is 0 Å². The van der Waals surface area contributed by atoms with Crippen LogP contribution in [-0.2, 0) is 25.6 Å². The Morgan fingerprint density at radius 1 is 1.09 bits per heavy atom. The number of nitrogens with one attached hydrogen (secondary N) is 4. The van der Waals surface area contributed by atoms with E-state index in [9.17, 15) is 29.4 Å². The zero-order valence-corrected chi connectivity index (χ0v) is 19.3. The minimum absolute atomic E-state index is 0.00681. The van der Waals surface area contributed by atoms with Gasteiger partial charge >= 0.3 is 5.97 Å². The summed E-state index contributed by atoms with van der Waals surface area (Å²) in [6.45, 7) is 1.73. The monoisotopic (exact) mass is 487 g/mol. The topological polar surface area (TPSA) is 226 Å². The van der Waals surface area contributed by atoms with Gasteiger partial charge in [-0.3, -0.25) is 14.4 Å². The standard InChI is InChI=1S/C19H33N7O6S/c1-10(27)15(21)18(30)26-14(8-33)17(29)25-13(6-11-7-22-9-23-11)16(28)24-12(19(31)32)4-2-3-5-20/h7,9-10,12-15,27,33H,2-6,8,20-21H2,1H3,(H,22,23)(H,24,28)(H,25,29)(H,26,30)(H,31,32). The van der Waals surface area contributed by atoms with Gasteiger partial charge in [0.25, 0.3) is 0 Å². The van der Waals surface area contributed by atoms with E-state index < -0.39 is 54.0 Å². The number of nitrogens with two attached hydrogens (primary N) is 2. The summed E-state index contributed by atoms with van der Waals surface area (Å²) in [4.78, 5) is 56.0. The summed E-state index contributed by atoms with van der Waals surface area (Å²) in [5.74, 6) is -3.53. The number of hydrogen-bond donors (Lipinski definition) is 9. The van der Waals surface area contributed by atoms with Crippen LogP contribution in [-0.4, -0.2) is 86.4 Å². The number of carboxylic acid groups (broad SMARTS) is 1. The van der Waals surface area contributed by atoms with E-state index in [2.05, 4.69) is 38.5 Å². The molecule has 0 saturated heterocycles. The smallest absolute Gasteiger partial charge is 0.326 e. The number of rotatable bonds is 15. The molecule has 3 amide bonds. The molecule has 1 aromatic heterocycles. The molecule has 0 aliphatic rings. The van der Waals surface area contributed by atoms with Crippen molar-refractivity contribution in [2.75, 3.05) is 12.3 Å². The van der Waals surface area contributed by atoms with Gasteiger partial charge in [0.2, 0.25) is 17.7 Å². The number of unbranched alkanes of at least 4 members (excludes halogenated alkanes) is 1. The fraction of sp³-hybridized carbons (Fsp3) is 0.632. The quantitative estimate of drug-likeness (QED) is 0.0922. The van der Waals surface area contributed by atoms with E-state index in [0.29, 0.717) is 25.1 Å². The maximum atomic E-state index is 12.9. The van der Waals surface area contributed by atoms with Gasteiger partial charge in [0, 0.05) is 24.1 Å². The number of aromatic amines is 1. The number of imidazole rings is 1. The van der Waals surface area contributed by atoms with Crippen LogP contribution in [0, 0.1) is 0 Å². The molecule has 0 saturated carbocycles. The zero-order valence-electron chi connectivity index (χ0n) is 18.4. The number of aliphatic carboxylic acids is 1. The summed E-state index contributed by atoms with van der Waals surface area (Å²) < 4.78 is 0. The molecule has 10 N–H and O–H groups in total. The lowest BCUT2D eigenvalue weighted by atomic mass is 10.1. The largest absolute Gasteiger partial charge is 0.480 e. The molecule has 0 spiro atoms. The summed E-state index contributed by atoms with van der Waals surface area (Å²) in [5.41, 5.74) is 11.5. The molecular weight excluding hydrogens is 454 g/mol. The van der Waals surface area contributed by atoms with Crippen molar-refractivity contribution in [2.24, 2.45) is 11.5 Å². The second-order valence-corrected chi connectivity index (χ2v) is 7.90. The van der Waals surface area contributed by atoms with Gasteiger partial charge in [-0.2, -0.15) is 12.6 Å². The number of H-pyrrole nitrogens is 1. The van der Waals surface area contributed by atoms with Crippen molar-refractivity contribution in [3.8, 4) is 0 Å². The third-order valence-electron chi connectivity index (χ3n) is 4.81. The molecule has 5 atom stereocenters. The number of thiol groups is 1. The fourth-order valence-electron chi connectivity index (χ4n) is 2.80. The number of aliphatic hydroxyl groups excluding tert-OH is 1. The first-order chi connectivity index (χ1) is 15.6. The van der Waals surface area contributed by atoms with Gasteiger partial charge in [-0.15, -0.1) is 0 Å². The molecule has 186 valence electrons. The Labute approximate surface area is 196 Å². The van der Waals surface area contributed by atoms with Gasteiger partial charge in [0.1, 0.15) is 24.2 Å². The van der Waals surface area contributed by atoms with Gasteiger partial charge in [-0.1, -0.05) is 0 Å². The maximum absolute atomic E-state index is 12.9. The Bertz CT molecular complexity index is 777. The van der Waals surface area contributed by atoms with Crippen LogP contribution in [0.25, 0.3) is 0 Å². The molecular formula is C19H33N7O6S. The van der Waals surface area contributed by atoms with Crippen LogP contribution in [0.5, 0.6) is 0 Å². The molecule has 33 heavy (non-hydrogen) atoms. The van der Waals surface area contributed by atoms with Crippen molar-refractivity contribution >= 4 is 36.3 Å². The highest BCUT2D eigenvalue weighted by Crippen LogP contribution is 2.05. The summed E-state index contributed by atoms with van der Waals surface area (Å²) in [7, 11) is 0. The van der Waals surface area contributed by atoms with Gasteiger partial charge in [-0.25, -0.2) is 9.78 Å². The second kappa shape index (κ2) is 14.5. The lowest BCUT2D eigenvalue weighted by molar-refractivity contribution is -0.142. The van der Waals surface area contributed by atoms with Gasteiger partial charge in [0.05, 0.1) is 12.4 Å². The van der Waals surface area contributed by atoms with Crippen molar-refractivity contribution < 1.29 is 29.4 Å². The Kier molecular flexibility index (Phi) is 12.4. The van der Waals surface area contributed by atoms with E-state index in [-0.39, 0.29) is 18.6 Å². The van der Waals surface area contributed by atoms with E-state index >= 15 is 0 Å². The van der Waals surface area contributed by atoms with Gasteiger partial charge in [-0.05, 0) is 32.7 Å². The Hall–Kier alpha value is -2.68. The summed E-state index contributed by atoms with van der Waals surface area (Å²) in [6, 6.07) is -4.73. The van der Waals surface area contributed by atoms with Crippen molar-refractivity contribution in [3.63, 3.8) is 0 Å².